The number of methoxy groups -OCH3 is 1. The summed E-state index contributed by atoms with van der Waals surface area (Å²) in [5, 5.41) is 3.59. The number of H-pyrrole nitrogens is 1. The van der Waals surface area contributed by atoms with Gasteiger partial charge < -0.3 is 15.0 Å². The van der Waals surface area contributed by atoms with Crippen LogP contribution in [0.4, 0.5) is 5.69 Å². The Hall–Kier alpha value is -3.06. The number of aryl methyl sites for hydroxylation is 1. The Kier molecular flexibility index (Phi) is 6.16. The molecule has 3 rings (SSSR count). The Labute approximate surface area is 166 Å². The minimum Gasteiger partial charge on any atom is -0.465 e. The van der Waals surface area contributed by atoms with Gasteiger partial charge in [0.15, 0.2) is 0 Å². The summed E-state index contributed by atoms with van der Waals surface area (Å²) in [6, 6.07) is 14.5. The molecule has 0 saturated heterocycles. The van der Waals surface area contributed by atoms with Gasteiger partial charge in [-0.1, -0.05) is 49.0 Å². The molecule has 0 aliphatic rings. The minimum absolute atomic E-state index is 0.0380. The summed E-state index contributed by atoms with van der Waals surface area (Å²) in [4.78, 5) is 40.4. The first kappa shape index (κ1) is 19.7. The molecule has 0 radical (unpaired) electrons. The van der Waals surface area contributed by atoms with Gasteiger partial charge in [0.25, 0.3) is 0 Å². The first-order valence-electron chi connectivity index (χ1n) is 8.79. The molecule has 6 nitrogen and oxygen atoms in total. The van der Waals surface area contributed by atoms with Crippen LogP contribution in [0.1, 0.15) is 22.8 Å². The Morgan fingerprint density at radius 1 is 1.11 bits per heavy atom. The minimum atomic E-state index is -0.730. The van der Waals surface area contributed by atoms with Crippen LogP contribution in [-0.4, -0.2) is 29.7 Å². The first-order chi connectivity index (χ1) is 13.5. The Bertz CT molecular complexity index is 1090. The van der Waals surface area contributed by atoms with Gasteiger partial charge in [-0.15, -0.1) is 0 Å². The molecular formula is C21H20N2O4S. The van der Waals surface area contributed by atoms with Gasteiger partial charge in [-0.25, -0.2) is 4.79 Å². The van der Waals surface area contributed by atoms with Gasteiger partial charge in [0.2, 0.25) is 11.3 Å². The van der Waals surface area contributed by atoms with Crippen molar-refractivity contribution in [2.45, 2.75) is 18.4 Å². The average Bonchev–Trinajstić information content (AvgIpc) is 2.72. The summed E-state index contributed by atoms with van der Waals surface area (Å²) in [5.41, 5.74) is 1.89. The third kappa shape index (κ3) is 4.09. The van der Waals surface area contributed by atoms with Crippen molar-refractivity contribution in [1.82, 2.24) is 4.98 Å². The molecule has 0 fully saturated rings. The number of pyridine rings is 1. The fraction of sp³-hybridized carbons (Fsp3) is 0.190. The zero-order chi connectivity index (χ0) is 20.1. The topological polar surface area (TPSA) is 88.3 Å². The van der Waals surface area contributed by atoms with Crippen molar-refractivity contribution in [3.63, 3.8) is 0 Å². The van der Waals surface area contributed by atoms with Crippen LogP contribution < -0.4 is 10.7 Å². The molecule has 1 aromatic heterocycles. The van der Waals surface area contributed by atoms with Crippen LogP contribution in [0, 0.1) is 0 Å². The molecule has 0 aliphatic carbocycles. The van der Waals surface area contributed by atoms with Crippen LogP contribution in [0.25, 0.3) is 10.9 Å². The number of carbonyl (C=O) groups is 2. The third-order valence-electron chi connectivity index (χ3n) is 4.28. The summed E-state index contributed by atoms with van der Waals surface area (Å²) in [6.45, 7) is 2.02. The van der Waals surface area contributed by atoms with Crippen molar-refractivity contribution in [3.8, 4) is 0 Å². The van der Waals surface area contributed by atoms with Crippen molar-refractivity contribution in [2.24, 2.45) is 0 Å². The zero-order valence-electron chi connectivity index (χ0n) is 15.6. The van der Waals surface area contributed by atoms with Gasteiger partial charge in [0.1, 0.15) is 5.56 Å². The predicted octanol–water partition coefficient (Wildman–Crippen LogP) is 3.61. The molecule has 0 atom stereocenters. The molecular weight excluding hydrogens is 376 g/mol. The van der Waals surface area contributed by atoms with Crippen molar-refractivity contribution < 1.29 is 14.3 Å². The molecule has 0 aliphatic heterocycles. The summed E-state index contributed by atoms with van der Waals surface area (Å²) in [5.74, 6) is -0.918. The van der Waals surface area contributed by atoms with E-state index in [4.69, 9.17) is 4.74 Å². The molecule has 0 saturated carbocycles. The van der Waals surface area contributed by atoms with Gasteiger partial charge in [0, 0.05) is 11.1 Å². The number of para-hydroxylation sites is 2. The van der Waals surface area contributed by atoms with E-state index in [2.05, 4.69) is 10.3 Å². The normalized spacial score (nSPS) is 10.6. The van der Waals surface area contributed by atoms with Crippen LogP contribution in [-0.2, 0) is 16.0 Å². The highest BCUT2D eigenvalue weighted by Crippen LogP contribution is 2.23. The fourth-order valence-electron chi connectivity index (χ4n) is 2.88. The smallest absolute Gasteiger partial charge is 0.344 e. The maximum atomic E-state index is 12.7. The summed E-state index contributed by atoms with van der Waals surface area (Å²) >= 11 is 1.09. The van der Waals surface area contributed by atoms with E-state index < -0.39 is 11.4 Å². The SMILES string of the molecule is CCc1ccccc1NC(=O)CSc1[nH]c2ccccc2c(=O)c1C(=O)OC. The number of hydrogen-bond donors (Lipinski definition) is 2. The maximum Gasteiger partial charge on any atom is 0.344 e. The monoisotopic (exact) mass is 396 g/mol. The van der Waals surface area contributed by atoms with Gasteiger partial charge in [-0.3, -0.25) is 9.59 Å². The van der Waals surface area contributed by atoms with E-state index in [1.165, 1.54) is 7.11 Å². The lowest BCUT2D eigenvalue weighted by molar-refractivity contribution is -0.113. The van der Waals surface area contributed by atoms with E-state index in [1.807, 2.05) is 31.2 Å². The molecule has 1 heterocycles. The van der Waals surface area contributed by atoms with Crippen molar-refractivity contribution in [2.75, 3.05) is 18.2 Å². The molecule has 2 N–H and O–H groups in total. The van der Waals surface area contributed by atoms with Gasteiger partial charge in [-0.2, -0.15) is 0 Å². The van der Waals surface area contributed by atoms with Crippen molar-refractivity contribution in [1.29, 1.82) is 0 Å². The second-order valence-electron chi connectivity index (χ2n) is 6.04. The molecule has 144 valence electrons. The van der Waals surface area contributed by atoms with E-state index in [9.17, 15) is 14.4 Å². The Morgan fingerprint density at radius 3 is 2.57 bits per heavy atom. The number of nitrogens with one attached hydrogen (secondary N) is 2. The van der Waals surface area contributed by atoms with Gasteiger partial charge in [0.05, 0.1) is 23.4 Å². The zero-order valence-corrected chi connectivity index (χ0v) is 16.4. The molecule has 1 amide bonds. The van der Waals surface area contributed by atoms with Crippen LogP contribution in [0.3, 0.4) is 0 Å². The highest BCUT2D eigenvalue weighted by atomic mass is 32.2. The first-order valence-corrected chi connectivity index (χ1v) is 9.77. The van der Waals surface area contributed by atoms with Gasteiger partial charge >= 0.3 is 5.97 Å². The van der Waals surface area contributed by atoms with Crippen LogP contribution >= 0.6 is 11.8 Å². The lowest BCUT2D eigenvalue weighted by Crippen LogP contribution is -2.20. The highest BCUT2D eigenvalue weighted by molar-refractivity contribution is 8.00. The quantitative estimate of drug-likeness (QED) is 0.491. The molecule has 7 heteroatoms. The molecule has 3 aromatic rings. The average molecular weight is 396 g/mol. The highest BCUT2D eigenvalue weighted by Gasteiger charge is 2.21. The number of aromatic amines is 1. The lowest BCUT2D eigenvalue weighted by atomic mass is 10.1. The van der Waals surface area contributed by atoms with E-state index >= 15 is 0 Å². The third-order valence-corrected chi connectivity index (χ3v) is 5.28. The standard InChI is InChI=1S/C21H20N2O4S/c1-3-13-8-4-6-10-15(13)22-17(24)12-28-20-18(21(26)27-2)19(25)14-9-5-7-11-16(14)23-20/h4-11H,3,12H2,1-2H3,(H,22,24)(H,23,25). The number of anilines is 1. The molecule has 0 spiro atoms. The molecule has 0 bridgehead atoms. The number of esters is 1. The van der Waals surface area contributed by atoms with Crippen LogP contribution in [0.5, 0.6) is 0 Å². The molecule has 28 heavy (non-hydrogen) atoms. The Morgan fingerprint density at radius 2 is 1.82 bits per heavy atom. The molecule has 0 unspecified atom stereocenters. The van der Waals surface area contributed by atoms with Crippen molar-refractivity contribution >= 4 is 40.2 Å². The number of aromatic nitrogens is 1. The van der Waals surface area contributed by atoms with Crippen LogP contribution in [0.15, 0.2) is 58.4 Å². The number of rotatable bonds is 6. The predicted molar refractivity (Wildman–Crippen MR) is 111 cm³/mol. The van der Waals surface area contributed by atoms with E-state index in [0.717, 1.165) is 29.4 Å². The number of fused-ring (bicyclic) bond motifs is 1. The molecule has 2 aromatic carbocycles. The summed E-state index contributed by atoms with van der Waals surface area (Å²) in [7, 11) is 1.22. The second-order valence-corrected chi connectivity index (χ2v) is 7.03. The maximum absolute atomic E-state index is 12.7. The van der Waals surface area contributed by atoms with E-state index in [-0.39, 0.29) is 17.2 Å². The fourth-order valence-corrected chi connectivity index (χ4v) is 3.73. The van der Waals surface area contributed by atoms with Gasteiger partial charge in [-0.05, 0) is 30.2 Å². The number of hydrogen-bond acceptors (Lipinski definition) is 5. The van der Waals surface area contributed by atoms with E-state index in [1.54, 1.807) is 24.3 Å². The largest absolute Gasteiger partial charge is 0.465 e. The Balaban J connectivity index is 1.86. The number of benzene rings is 2. The lowest BCUT2D eigenvalue weighted by Gasteiger charge is -2.11. The second kappa shape index (κ2) is 8.75. The number of ether oxygens (including phenoxy) is 1. The number of thioether (sulfide) groups is 1. The summed E-state index contributed by atoms with van der Waals surface area (Å²) in [6.07, 6.45) is 0.800. The van der Waals surface area contributed by atoms with Crippen molar-refractivity contribution in [3.05, 3.63) is 69.9 Å². The summed E-state index contributed by atoms with van der Waals surface area (Å²) < 4.78 is 4.77. The number of carbonyl (C=O) groups excluding carboxylic acids is 2. The van der Waals surface area contributed by atoms with Crippen LogP contribution in [0.2, 0.25) is 0 Å². The van der Waals surface area contributed by atoms with E-state index in [0.29, 0.717) is 15.9 Å². The number of amides is 1.